The molecule has 0 bridgehead atoms. The number of aryl methyl sites for hydroxylation is 1. The smallest absolute Gasteiger partial charge is 0.493 e. The SMILES string of the molecule is CCCCCCCCc1cc(-c2ncccn2)ccc1OCCCCCOCC(F)(F)OC(F)(F)C(F)(F)OC(F)(F)C(F)(F)OC(F)(F)F. The summed E-state index contributed by atoms with van der Waals surface area (Å²) in [6.07, 6.45) is -28.6. The van der Waals surface area contributed by atoms with E-state index in [0.717, 1.165) is 56.1 Å². The molecule has 0 N–H and O–H groups in total. The van der Waals surface area contributed by atoms with Crippen LogP contribution in [0.3, 0.4) is 0 Å². The summed E-state index contributed by atoms with van der Waals surface area (Å²) in [5, 5.41) is 0. The van der Waals surface area contributed by atoms with Crippen LogP contribution >= 0.6 is 0 Å². The van der Waals surface area contributed by atoms with Crippen molar-refractivity contribution < 1.29 is 80.8 Å². The predicted octanol–water partition coefficient (Wildman–Crippen LogP) is 10.1. The third-order valence-electron chi connectivity index (χ3n) is 6.60. The van der Waals surface area contributed by atoms with Crippen LogP contribution in [0.15, 0.2) is 36.7 Å². The quantitative estimate of drug-likeness (QED) is 0.0782. The van der Waals surface area contributed by atoms with Gasteiger partial charge in [0, 0.05) is 24.6 Å². The van der Waals surface area contributed by atoms with E-state index < -0.39 is 50.1 Å². The predicted molar refractivity (Wildman–Crippen MR) is 149 cm³/mol. The van der Waals surface area contributed by atoms with Gasteiger partial charge in [0.15, 0.2) is 5.82 Å². The fourth-order valence-electron chi connectivity index (χ4n) is 4.22. The van der Waals surface area contributed by atoms with Crippen LogP contribution in [-0.4, -0.2) is 66.7 Å². The summed E-state index contributed by atoms with van der Waals surface area (Å²) >= 11 is 0. The fourth-order valence-corrected chi connectivity index (χ4v) is 4.22. The van der Waals surface area contributed by atoms with E-state index >= 15 is 0 Å². The van der Waals surface area contributed by atoms with E-state index in [0.29, 0.717) is 24.4 Å². The van der Waals surface area contributed by atoms with Crippen LogP contribution in [-0.2, 0) is 25.4 Å². The molecule has 0 fully saturated rings. The lowest BCUT2D eigenvalue weighted by Gasteiger charge is -2.33. The highest BCUT2D eigenvalue weighted by Gasteiger charge is 2.74. The largest absolute Gasteiger partial charge is 0.527 e. The van der Waals surface area contributed by atoms with Gasteiger partial charge in [-0.3, -0.25) is 0 Å². The molecule has 0 unspecified atom stereocenters. The molecule has 0 atom stereocenters. The number of unbranched alkanes of at least 4 members (excludes halogenated alkanes) is 7. The second-order valence-corrected chi connectivity index (χ2v) is 10.8. The van der Waals surface area contributed by atoms with Crippen molar-refractivity contribution in [1.29, 1.82) is 0 Å². The monoisotopic (exact) mass is 750 g/mol. The summed E-state index contributed by atoms with van der Waals surface area (Å²) in [5.41, 5.74) is 1.72. The summed E-state index contributed by atoms with van der Waals surface area (Å²) in [7, 11) is 0. The zero-order valence-electron chi connectivity index (χ0n) is 26.5. The minimum Gasteiger partial charge on any atom is -0.493 e. The average Bonchev–Trinajstić information content (AvgIpc) is 2.98. The first-order valence-corrected chi connectivity index (χ1v) is 15.3. The van der Waals surface area contributed by atoms with Crippen molar-refractivity contribution in [3.8, 4) is 17.1 Å². The second kappa shape index (κ2) is 18.5. The number of nitrogens with zero attached hydrogens (tertiary/aromatic N) is 2. The maximum absolute atomic E-state index is 13.7. The Hall–Kier alpha value is -2.97. The lowest BCUT2D eigenvalue weighted by Crippen LogP contribution is -2.57. The molecule has 0 saturated carbocycles. The number of halogens is 13. The molecule has 0 saturated heterocycles. The molecule has 0 aliphatic carbocycles. The first-order valence-electron chi connectivity index (χ1n) is 15.3. The third-order valence-corrected chi connectivity index (χ3v) is 6.60. The van der Waals surface area contributed by atoms with Gasteiger partial charge in [0.05, 0.1) is 6.61 Å². The molecule has 1 aromatic heterocycles. The molecule has 286 valence electrons. The van der Waals surface area contributed by atoms with E-state index in [1.54, 1.807) is 35.3 Å². The van der Waals surface area contributed by atoms with Gasteiger partial charge in [-0.2, -0.15) is 43.9 Å². The summed E-state index contributed by atoms with van der Waals surface area (Å²) in [6, 6.07) is 7.18. The minimum absolute atomic E-state index is 0.0323. The molecular weight excluding hydrogens is 715 g/mol. The van der Waals surface area contributed by atoms with Crippen LogP contribution in [0.2, 0.25) is 0 Å². The van der Waals surface area contributed by atoms with Gasteiger partial charge in [-0.15, -0.1) is 13.2 Å². The minimum atomic E-state index is -7.09. The van der Waals surface area contributed by atoms with Gasteiger partial charge in [0.2, 0.25) is 0 Å². The number of aromatic nitrogens is 2. The molecule has 2 aromatic rings. The molecule has 1 heterocycles. The summed E-state index contributed by atoms with van der Waals surface area (Å²) in [6.45, 7) is -0.369. The molecule has 0 amide bonds. The number of rotatable bonds is 24. The zero-order valence-corrected chi connectivity index (χ0v) is 26.5. The van der Waals surface area contributed by atoms with Crippen molar-refractivity contribution >= 4 is 0 Å². The lowest BCUT2D eigenvalue weighted by atomic mass is 10.0. The van der Waals surface area contributed by atoms with Crippen molar-refractivity contribution in [2.45, 2.75) is 108 Å². The van der Waals surface area contributed by atoms with Gasteiger partial charge in [0.25, 0.3) is 0 Å². The normalized spacial score (nSPS) is 13.6. The molecule has 0 aliphatic heterocycles. The molecule has 0 spiro atoms. The maximum atomic E-state index is 13.7. The molecule has 1 aromatic carbocycles. The molecule has 7 nitrogen and oxygen atoms in total. The van der Waals surface area contributed by atoms with E-state index in [2.05, 4.69) is 26.4 Å². The second-order valence-electron chi connectivity index (χ2n) is 10.8. The topological polar surface area (TPSA) is 71.9 Å². The number of ether oxygens (including phenoxy) is 5. The molecular formula is C30H35F13N2O5. The van der Waals surface area contributed by atoms with Crippen LogP contribution in [0, 0.1) is 0 Å². The molecule has 2 rings (SSSR count). The zero-order chi connectivity index (χ0) is 37.7. The molecule has 20 heteroatoms. The van der Waals surface area contributed by atoms with E-state index in [4.69, 9.17) is 4.74 Å². The van der Waals surface area contributed by atoms with Crippen molar-refractivity contribution in [3.63, 3.8) is 0 Å². The van der Waals surface area contributed by atoms with Gasteiger partial charge < -0.3 is 9.47 Å². The van der Waals surface area contributed by atoms with Crippen molar-refractivity contribution in [2.75, 3.05) is 19.8 Å². The molecule has 0 radical (unpaired) electrons. The number of hydrogen-bond acceptors (Lipinski definition) is 7. The van der Waals surface area contributed by atoms with Crippen LogP contribution in [0.4, 0.5) is 57.1 Å². The summed E-state index contributed by atoms with van der Waals surface area (Å²) in [4.78, 5) is 8.50. The van der Waals surface area contributed by atoms with Gasteiger partial charge >= 0.3 is 36.9 Å². The maximum Gasteiger partial charge on any atom is 0.527 e. The van der Waals surface area contributed by atoms with Crippen LogP contribution in [0.5, 0.6) is 5.75 Å². The Bertz CT molecular complexity index is 1290. The first-order chi connectivity index (χ1) is 23.1. The molecule has 0 aliphatic rings. The Labute approximate surface area is 278 Å². The van der Waals surface area contributed by atoms with Gasteiger partial charge in [-0.1, -0.05) is 39.0 Å². The lowest BCUT2D eigenvalue weighted by molar-refractivity contribution is -0.564. The third kappa shape index (κ3) is 14.3. The number of benzene rings is 1. The standard InChI is InChI=1S/C30H35F13N2O5/c1-2-3-4-5-6-8-12-21-19-22(24-44-15-11-16-45-24)13-14-23(21)47-18-10-7-9-17-46-20-25(31,32)48-26(33,34)27(35,36)49-28(37,38)29(39,40)50-30(41,42)43/h11,13-16,19H,2-10,12,17-18,20H2,1H3. The van der Waals surface area contributed by atoms with Crippen molar-refractivity contribution in [2.24, 2.45) is 0 Å². The van der Waals surface area contributed by atoms with Gasteiger partial charge in [0.1, 0.15) is 12.4 Å². The summed E-state index contributed by atoms with van der Waals surface area (Å²) in [5.74, 6) is 1.15. The van der Waals surface area contributed by atoms with E-state index in [1.807, 2.05) is 10.8 Å². The first kappa shape index (κ1) is 43.2. The Morgan fingerprint density at radius 2 is 1.14 bits per heavy atom. The van der Waals surface area contributed by atoms with E-state index in [9.17, 15) is 57.1 Å². The highest BCUT2D eigenvalue weighted by Crippen LogP contribution is 2.48. The van der Waals surface area contributed by atoms with E-state index in [-0.39, 0.29) is 13.0 Å². The van der Waals surface area contributed by atoms with Crippen molar-refractivity contribution in [1.82, 2.24) is 9.97 Å². The average molecular weight is 751 g/mol. The number of hydrogen-bond donors (Lipinski definition) is 0. The van der Waals surface area contributed by atoms with E-state index in [1.165, 1.54) is 0 Å². The Morgan fingerprint density at radius 1 is 0.600 bits per heavy atom. The van der Waals surface area contributed by atoms with Crippen LogP contribution in [0.1, 0.15) is 70.3 Å². The highest BCUT2D eigenvalue weighted by atomic mass is 19.4. The van der Waals surface area contributed by atoms with Gasteiger partial charge in [-0.05, 0) is 61.9 Å². The van der Waals surface area contributed by atoms with Crippen molar-refractivity contribution in [3.05, 3.63) is 42.2 Å². The van der Waals surface area contributed by atoms with Gasteiger partial charge in [-0.25, -0.2) is 24.2 Å². The number of alkyl halides is 13. The molecule has 50 heavy (non-hydrogen) atoms. The highest BCUT2D eigenvalue weighted by molar-refractivity contribution is 5.58. The van der Waals surface area contributed by atoms with Crippen LogP contribution < -0.4 is 4.74 Å². The summed E-state index contributed by atoms with van der Waals surface area (Å²) < 4.78 is 186. The van der Waals surface area contributed by atoms with Crippen LogP contribution in [0.25, 0.3) is 11.4 Å². The Kier molecular flexibility index (Phi) is 16.0. The fraction of sp³-hybridized carbons (Fsp3) is 0.667. The Balaban J connectivity index is 1.83. The Morgan fingerprint density at radius 3 is 1.76 bits per heavy atom.